The molecule has 0 saturated heterocycles. The highest BCUT2D eigenvalue weighted by Gasteiger charge is 2.25. The van der Waals surface area contributed by atoms with E-state index in [9.17, 15) is 4.79 Å². The fraction of sp³-hybridized carbons (Fsp3) is 0.238. The van der Waals surface area contributed by atoms with Crippen molar-refractivity contribution in [3.8, 4) is 22.8 Å². The molecule has 0 unspecified atom stereocenters. The Morgan fingerprint density at radius 3 is 2.70 bits per heavy atom. The van der Waals surface area contributed by atoms with Crippen molar-refractivity contribution in [3.63, 3.8) is 0 Å². The van der Waals surface area contributed by atoms with Crippen LogP contribution in [0, 0.1) is 6.92 Å². The van der Waals surface area contributed by atoms with Crippen LogP contribution in [0.25, 0.3) is 11.3 Å². The molecule has 1 aromatic heterocycles. The molecular weight excluding hydrogens is 342 g/mol. The summed E-state index contributed by atoms with van der Waals surface area (Å²) >= 11 is 0. The van der Waals surface area contributed by atoms with E-state index in [0.29, 0.717) is 24.6 Å². The molecule has 2 heterocycles. The number of carbonyl (C=O) groups is 1. The molecule has 1 aliphatic rings. The summed E-state index contributed by atoms with van der Waals surface area (Å²) in [5.74, 6) is 1.31. The van der Waals surface area contributed by atoms with Crippen LogP contribution in [0.2, 0.25) is 0 Å². The topological polar surface area (TPSA) is 67.5 Å². The minimum atomic E-state index is -0.214. The molecule has 3 aromatic rings. The van der Waals surface area contributed by atoms with Crippen LogP contribution in [0.4, 0.5) is 0 Å². The first-order chi connectivity index (χ1) is 13.1. The Balaban J connectivity index is 1.42. The van der Waals surface area contributed by atoms with Crippen molar-refractivity contribution in [1.29, 1.82) is 0 Å². The van der Waals surface area contributed by atoms with Crippen LogP contribution in [0.3, 0.4) is 0 Å². The largest absolute Gasteiger partial charge is 0.486 e. The van der Waals surface area contributed by atoms with Gasteiger partial charge in [0.25, 0.3) is 5.91 Å². The van der Waals surface area contributed by atoms with Gasteiger partial charge in [-0.05, 0) is 25.1 Å². The van der Waals surface area contributed by atoms with Crippen molar-refractivity contribution in [2.24, 2.45) is 0 Å². The highest BCUT2D eigenvalue weighted by molar-refractivity contribution is 5.93. The van der Waals surface area contributed by atoms with E-state index >= 15 is 0 Å². The molecular formula is C21H21N3O3. The van der Waals surface area contributed by atoms with Crippen LogP contribution in [0.1, 0.15) is 16.1 Å². The van der Waals surface area contributed by atoms with Gasteiger partial charge in [-0.2, -0.15) is 5.10 Å². The molecule has 0 aliphatic carbocycles. The van der Waals surface area contributed by atoms with Crippen LogP contribution < -0.4 is 9.47 Å². The summed E-state index contributed by atoms with van der Waals surface area (Å²) in [6.45, 7) is 2.87. The van der Waals surface area contributed by atoms with Gasteiger partial charge in [-0.1, -0.05) is 42.0 Å². The predicted molar refractivity (Wildman–Crippen MR) is 102 cm³/mol. The van der Waals surface area contributed by atoms with Gasteiger partial charge in [0.2, 0.25) is 0 Å². The van der Waals surface area contributed by atoms with Gasteiger partial charge in [-0.3, -0.25) is 9.89 Å². The first-order valence-electron chi connectivity index (χ1n) is 8.86. The Morgan fingerprint density at radius 2 is 1.93 bits per heavy atom. The molecule has 6 heteroatoms. The van der Waals surface area contributed by atoms with Crippen molar-refractivity contribution < 1.29 is 14.3 Å². The Bertz CT molecular complexity index is 949. The Labute approximate surface area is 157 Å². The number of carbonyl (C=O) groups excluding carboxylic acids is 1. The lowest BCUT2D eigenvalue weighted by Crippen LogP contribution is -2.41. The average molecular weight is 363 g/mol. The summed E-state index contributed by atoms with van der Waals surface area (Å²) in [5.41, 5.74) is 3.35. The number of aromatic nitrogens is 2. The van der Waals surface area contributed by atoms with E-state index in [1.54, 1.807) is 18.0 Å². The lowest BCUT2D eigenvalue weighted by atomic mass is 10.1. The number of H-pyrrole nitrogens is 1. The van der Waals surface area contributed by atoms with Gasteiger partial charge in [0.1, 0.15) is 12.3 Å². The number of nitrogens with zero attached hydrogens (tertiary/aromatic N) is 2. The molecule has 1 amide bonds. The SMILES string of the molecule is Cc1ccc(-c2cc(C(=O)N(C)C[C@H]3COc4ccccc4O3)[nH]n2)cc1. The van der Waals surface area contributed by atoms with Crippen molar-refractivity contribution in [3.05, 3.63) is 65.9 Å². The quantitative estimate of drug-likeness (QED) is 0.772. The number of rotatable bonds is 4. The number of aryl methyl sites for hydroxylation is 1. The number of likely N-dealkylation sites (N-methyl/N-ethyl adjacent to an activating group) is 1. The first kappa shape index (κ1) is 17.1. The minimum absolute atomic E-state index is 0.136. The summed E-state index contributed by atoms with van der Waals surface area (Å²) in [4.78, 5) is 14.3. The van der Waals surface area contributed by atoms with Gasteiger partial charge in [-0.25, -0.2) is 0 Å². The van der Waals surface area contributed by atoms with E-state index in [2.05, 4.69) is 10.2 Å². The number of benzene rings is 2. The van der Waals surface area contributed by atoms with Crippen LogP contribution in [0.5, 0.6) is 11.5 Å². The molecule has 138 valence electrons. The Kier molecular flexibility index (Phi) is 4.54. The Hall–Kier alpha value is -3.28. The minimum Gasteiger partial charge on any atom is -0.486 e. The molecule has 0 bridgehead atoms. The van der Waals surface area contributed by atoms with Crippen molar-refractivity contribution in [1.82, 2.24) is 15.1 Å². The van der Waals surface area contributed by atoms with Crippen LogP contribution >= 0.6 is 0 Å². The number of hydrogen-bond donors (Lipinski definition) is 1. The van der Waals surface area contributed by atoms with Gasteiger partial charge in [0.15, 0.2) is 17.6 Å². The number of hydrogen-bond acceptors (Lipinski definition) is 4. The number of amides is 1. The molecule has 0 spiro atoms. The monoisotopic (exact) mass is 363 g/mol. The summed E-state index contributed by atoms with van der Waals surface area (Å²) in [7, 11) is 1.75. The number of para-hydroxylation sites is 2. The molecule has 1 atom stereocenters. The van der Waals surface area contributed by atoms with Gasteiger partial charge >= 0.3 is 0 Å². The van der Waals surface area contributed by atoms with E-state index in [-0.39, 0.29) is 12.0 Å². The number of nitrogens with one attached hydrogen (secondary N) is 1. The molecule has 2 aromatic carbocycles. The van der Waals surface area contributed by atoms with Crippen LogP contribution in [0.15, 0.2) is 54.6 Å². The summed E-state index contributed by atoms with van der Waals surface area (Å²) in [5, 5.41) is 7.11. The molecule has 1 N–H and O–H groups in total. The maximum Gasteiger partial charge on any atom is 0.271 e. The average Bonchev–Trinajstić information content (AvgIpc) is 3.18. The third-order valence-corrected chi connectivity index (χ3v) is 4.55. The Morgan fingerprint density at radius 1 is 1.19 bits per heavy atom. The van der Waals surface area contributed by atoms with Gasteiger partial charge in [0.05, 0.1) is 12.2 Å². The summed E-state index contributed by atoms with van der Waals surface area (Å²) < 4.78 is 11.6. The lowest BCUT2D eigenvalue weighted by molar-refractivity contribution is 0.0517. The van der Waals surface area contributed by atoms with E-state index in [4.69, 9.17) is 9.47 Å². The standard InChI is InChI=1S/C21H21N3O3/c1-14-7-9-15(10-8-14)17-11-18(23-22-17)21(25)24(2)12-16-13-26-19-5-3-4-6-20(19)27-16/h3-11,16H,12-13H2,1-2H3,(H,22,23)/t16-/m0/s1. The zero-order valence-electron chi connectivity index (χ0n) is 15.3. The smallest absolute Gasteiger partial charge is 0.271 e. The van der Waals surface area contributed by atoms with E-state index in [1.165, 1.54) is 5.56 Å². The van der Waals surface area contributed by atoms with Gasteiger partial charge < -0.3 is 14.4 Å². The maximum atomic E-state index is 12.7. The zero-order valence-corrected chi connectivity index (χ0v) is 15.3. The molecule has 0 saturated carbocycles. The molecule has 6 nitrogen and oxygen atoms in total. The normalized spacial score (nSPS) is 15.4. The van der Waals surface area contributed by atoms with Crippen molar-refractivity contribution in [2.45, 2.75) is 13.0 Å². The van der Waals surface area contributed by atoms with Crippen LogP contribution in [-0.2, 0) is 0 Å². The van der Waals surface area contributed by atoms with Gasteiger partial charge in [0, 0.05) is 12.6 Å². The fourth-order valence-corrected chi connectivity index (χ4v) is 3.05. The second-order valence-electron chi connectivity index (χ2n) is 6.72. The molecule has 27 heavy (non-hydrogen) atoms. The molecule has 1 aliphatic heterocycles. The summed E-state index contributed by atoms with van der Waals surface area (Å²) in [6.07, 6.45) is -0.214. The third-order valence-electron chi connectivity index (χ3n) is 4.55. The molecule has 0 fully saturated rings. The van der Waals surface area contributed by atoms with Gasteiger partial charge in [-0.15, -0.1) is 0 Å². The van der Waals surface area contributed by atoms with Crippen LogP contribution in [-0.4, -0.2) is 47.3 Å². The second-order valence-corrected chi connectivity index (χ2v) is 6.72. The molecule has 0 radical (unpaired) electrons. The highest BCUT2D eigenvalue weighted by atomic mass is 16.6. The highest BCUT2D eigenvalue weighted by Crippen LogP contribution is 2.31. The van der Waals surface area contributed by atoms with Crippen molar-refractivity contribution in [2.75, 3.05) is 20.2 Å². The van der Waals surface area contributed by atoms with E-state index < -0.39 is 0 Å². The first-order valence-corrected chi connectivity index (χ1v) is 8.86. The van der Waals surface area contributed by atoms with E-state index in [1.807, 2.05) is 55.5 Å². The van der Waals surface area contributed by atoms with Crippen molar-refractivity contribution >= 4 is 5.91 Å². The zero-order chi connectivity index (χ0) is 18.8. The number of ether oxygens (including phenoxy) is 2. The number of aromatic amines is 1. The maximum absolute atomic E-state index is 12.7. The second kappa shape index (κ2) is 7.15. The van der Waals surface area contributed by atoms with E-state index in [0.717, 1.165) is 17.0 Å². The summed E-state index contributed by atoms with van der Waals surface area (Å²) in [6, 6.07) is 17.4. The predicted octanol–water partition coefficient (Wildman–Crippen LogP) is 3.30. The molecule has 4 rings (SSSR count). The fourth-order valence-electron chi connectivity index (χ4n) is 3.05. The third kappa shape index (κ3) is 3.65. The lowest BCUT2D eigenvalue weighted by Gasteiger charge is -2.29. The number of fused-ring (bicyclic) bond motifs is 1.